The largest absolute Gasteiger partial charge is 0.463 e. The van der Waals surface area contributed by atoms with Crippen molar-refractivity contribution in [1.82, 2.24) is 5.32 Å². The zero-order valence-corrected chi connectivity index (χ0v) is 11.8. The molecule has 0 heterocycles. The van der Waals surface area contributed by atoms with E-state index in [0.717, 1.165) is 0 Å². The number of aliphatic hydroxyl groups is 1. The fourth-order valence-corrected chi connectivity index (χ4v) is 1.44. The Morgan fingerprint density at radius 2 is 1.95 bits per heavy atom. The van der Waals surface area contributed by atoms with Gasteiger partial charge >= 0.3 is 5.97 Å². The van der Waals surface area contributed by atoms with Crippen LogP contribution in [0.2, 0.25) is 0 Å². The summed E-state index contributed by atoms with van der Waals surface area (Å²) in [6.45, 7) is 6.45. The molecular formula is C15H22N2O3. The van der Waals surface area contributed by atoms with E-state index < -0.39 is 12.1 Å². The highest BCUT2D eigenvalue weighted by molar-refractivity contribution is 5.88. The standard InChI is InChI=1S/C9H18N2O3.C6H4/c1-3-14-9(13)7(2)5-11-6-8(12)4-10;1-2-6-4-3-5(1)6/h8,11-12H,2-6,10H2,1H3;1-4H. The molecule has 5 heteroatoms. The van der Waals surface area contributed by atoms with Gasteiger partial charge in [-0.3, -0.25) is 0 Å². The first kappa shape index (κ1) is 16.4. The third-order valence-electron chi connectivity index (χ3n) is 2.77. The Labute approximate surface area is 119 Å². The lowest BCUT2D eigenvalue weighted by molar-refractivity contribution is -0.138. The summed E-state index contributed by atoms with van der Waals surface area (Å²) in [5.41, 5.74) is 8.39. The topological polar surface area (TPSA) is 84.6 Å². The monoisotopic (exact) mass is 278 g/mol. The van der Waals surface area contributed by atoms with Crippen LogP contribution in [0, 0.1) is 0 Å². The van der Waals surface area contributed by atoms with Gasteiger partial charge in [-0.1, -0.05) is 30.8 Å². The highest BCUT2D eigenvalue weighted by atomic mass is 16.5. The third kappa shape index (κ3) is 5.13. The van der Waals surface area contributed by atoms with E-state index in [-0.39, 0.29) is 6.54 Å². The lowest BCUT2D eigenvalue weighted by atomic mass is 9.95. The average Bonchev–Trinajstić information content (AvgIpc) is 2.43. The molecule has 0 saturated heterocycles. The first-order valence-corrected chi connectivity index (χ1v) is 6.62. The molecule has 110 valence electrons. The molecule has 0 bridgehead atoms. The molecule has 0 radical (unpaired) electrons. The van der Waals surface area contributed by atoms with Crippen molar-refractivity contribution in [2.45, 2.75) is 13.0 Å². The average molecular weight is 278 g/mol. The van der Waals surface area contributed by atoms with Gasteiger partial charge in [0.25, 0.3) is 0 Å². The predicted octanol–water partition coefficient (Wildman–Crippen LogP) is 0.682. The zero-order valence-electron chi connectivity index (χ0n) is 11.8. The number of esters is 1. The minimum atomic E-state index is -0.593. The number of hydrogen-bond donors (Lipinski definition) is 3. The van der Waals surface area contributed by atoms with E-state index >= 15 is 0 Å². The van der Waals surface area contributed by atoms with Crippen molar-refractivity contribution in [3.63, 3.8) is 0 Å². The summed E-state index contributed by atoms with van der Waals surface area (Å²) in [5, 5.41) is 11.9. The zero-order chi connectivity index (χ0) is 15.0. The Kier molecular flexibility index (Phi) is 6.93. The molecule has 0 spiro atoms. The quantitative estimate of drug-likeness (QED) is 0.512. The first-order valence-electron chi connectivity index (χ1n) is 6.62. The van der Waals surface area contributed by atoms with Crippen LogP contribution in [-0.2, 0) is 9.53 Å². The van der Waals surface area contributed by atoms with E-state index in [1.54, 1.807) is 6.92 Å². The summed E-state index contributed by atoms with van der Waals surface area (Å²) < 4.78 is 4.72. The van der Waals surface area contributed by atoms with Crippen molar-refractivity contribution in [3.8, 4) is 11.1 Å². The Morgan fingerprint density at radius 1 is 1.40 bits per heavy atom. The number of ether oxygens (including phenoxy) is 1. The molecule has 0 amide bonds. The van der Waals surface area contributed by atoms with E-state index in [1.165, 1.54) is 11.1 Å². The van der Waals surface area contributed by atoms with Crippen molar-refractivity contribution in [2.75, 3.05) is 26.2 Å². The lowest BCUT2D eigenvalue weighted by Gasteiger charge is -2.10. The molecule has 20 heavy (non-hydrogen) atoms. The van der Waals surface area contributed by atoms with Gasteiger partial charge in [-0.05, 0) is 18.1 Å². The molecule has 2 aliphatic rings. The van der Waals surface area contributed by atoms with Gasteiger partial charge in [-0.15, -0.1) is 0 Å². The Balaban J connectivity index is 0.000000267. The van der Waals surface area contributed by atoms with Gasteiger partial charge in [-0.25, -0.2) is 4.79 Å². The molecule has 0 aromatic carbocycles. The number of benzene rings is 1. The molecule has 1 unspecified atom stereocenters. The van der Waals surface area contributed by atoms with Crippen molar-refractivity contribution in [1.29, 1.82) is 0 Å². The van der Waals surface area contributed by atoms with Gasteiger partial charge in [0.05, 0.1) is 12.7 Å². The maximum absolute atomic E-state index is 11.0. The second kappa shape index (κ2) is 8.47. The second-order valence-corrected chi connectivity index (χ2v) is 4.42. The maximum atomic E-state index is 11.0. The van der Waals surface area contributed by atoms with Crippen LogP contribution in [-0.4, -0.2) is 43.4 Å². The van der Waals surface area contributed by atoms with E-state index in [1.807, 2.05) is 0 Å². The van der Waals surface area contributed by atoms with E-state index in [9.17, 15) is 4.79 Å². The summed E-state index contributed by atoms with van der Waals surface area (Å²) in [4.78, 5) is 11.0. The lowest BCUT2D eigenvalue weighted by Crippen LogP contribution is -2.34. The molecular weight excluding hydrogens is 256 g/mol. The molecule has 0 fully saturated rings. The fraction of sp³-hybridized carbons (Fsp3) is 0.400. The summed E-state index contributed by atoms with van der Waals surface area (Å²) in [5.74, 6) is -0.415. The van der Waals surface area contributed by atoms with Crippen LogP contribution in [0.3, 0.4) is 0 Å². The second-order valence-electron chi connectivity index (χ2n) is 4.42. The van der Waals surface area contributed by atoms with Gasteiger partial charge in [-0.2, -0.15) is 0 Å². The molecule has 0 saturated carbocycles. The van der Waals surface area contributed by atoms with Gasteiger partial charge in [0.15, 0.2) is 0 Å². The van der Waals surface area contributed by atoms with Crippen molar-refractivity contribution in [2.24, 2.45) is 5.73 Å². The Bertz CT molecular complexity index is 422. The maximum Gasteiger partial charge on any atom is 0.334 e. The minimum absolute atomic E-state index is 0.193. The van der Waals surface area contributed by atoms with Crippen LogP contribution in [0.5, 0.6) is 0 Å². The SMILES string of the molecule is C=C(CNCC(O)CN)C(=O)OCC.c1cc2ccc1-2. The molecule has 2 aliphatic carbocycles. The summed E-state index contributed by atoms with van der Waals surface area (Å²) >= 11 is 0. The molecule has 0 aromatic heterocycles. The number of rotatable bonds is 7. The van der Waals surface area contributed by atoms with E-state index in [2.05, 4.69) is 36.2 Å². The van der Waals surface area contributed by atoms with Crippen LogP contribution in [0.1, 0.15) is 6.92 Å². The highest BCUT2D eigenvalue weighted by Gasteiger charge is 2.07. The molecule has 1 atom stereocenters. The predicted molar refractivity (Wildman–Crippen MR) is 79.1 cm³/mol. The molecule has 0 aromatic rings. The molecule has 2 rings (SSSR count). The summed E-state index contributed by atoms with van der Waals surface area (Å²) in [7, 11) is 0. The van der Waals surface area contributed by atoms with Crippen LogP contribution in [0.15, 0.2) is 36.4 Å². The third-order valence-corrected chi connectivity index (χ3v) is 2.77. The first-order chi connectivity index (χ1) is 9.58. The number of carbonyl (C=O) groups excluding carboxylic acids is 1. The van der Waals surface area contributed by atoms with Crippen molar-refractivity contribution >= 4 is 5.97 Å². The number of carbonyl (C=O) groups is 1. The van der Waals surface area contributed by atoms with Crippen molar-refractivity contribution in [3.05, 3.63) is 36.4 Å². The molecule has 4 N–H and O–H groups in total. The number of hydrogen-bond acceptors (Lipinski definition) is 5. The normalized spacial score (nSPS) is 11.9. The summed E-state index contributed by atoms with van der Waals surface area (Å²) in [6.07, 6.45) is -0.593. The van der Waals surface area contributed by atoms with Crippen LogP contribution in [0.25, 0.3) is 11.1 Å². The fourth-order valence-electron chi connectivity index (χ4n) is 1.44. The smallest absolute Gasteiger partial charge is 0.334 e. The Hall–Kier alpha value is -1.69. The number of aliphatic hydroxyl groups excluding tert-OH is 1. The van der Waals surface area contributed by atoms with Gasteiger partial charge in [0.2, 0.25) is 0 Å². The number of nitrogens with one attached hydrogen (secondary N) is 1. The molecule has 5 nitrogen and oxygen atoms in total. The minimum Gasteiger partial charge on any atom is -0.463 e. The van der Waals surface area contributed by atoms with Crippen LogP contribution >= 0.6 is 0 Å². The number of fused-ring (bicyclic) bond motifs is 1. The summed E-state index contributed by atoms with van der Waals surface area (Å²) in [6, 6.07) is 8.48. The van der Waals surface area contributed by atoms with E-state index in [0.29, 0.717) is 25.3 Å². The number of nitrogens with two attached hydrogens (primary N) is 1. The highest BCUT2D eigenvalue weighted by Crippen LogP contribution is 2.29. The van der Waals surface area contributed by atoms with Crippen molar-refractivity contribution < 1.29 is 14.6 Å². The Morgan fingerprint density at radius 3 is 2.30 bits per heavy atom. The van der Waals surface area contributed by atoms with Gasteiger partial charge < -0.3 is 20.9 Å². The van der Waals surface area contributed by atoms with Gasteiger partial charge in [0.1, 0.15) is 0 Å². The molecule has 0 aliphatic heterocycles. The van der Waals surface area contributed by atoms with Crippen LogP contribution in [0.4, 0.5) is 0 Å². The van der Waals surface area contributed by atoms with E-state index in [4.69, 9.17) is 15.6 Å². The van der Waals surface area contributed by atoms with Gasteiger partial charge in [0, 0.05) is 25.2 Å². The van der Waals surface area contributed by atoms with Crippen LogP contribution < -0.4 is 11.1 Å².